The molecule has 0 aliphatic heterocycles. The Labute approximate surface area is 196 Å². The molecule has 0 aliphatic rings. The third-order valence-electron chi connectivity index (χ3n) is 5.77. The summed E-state index contributed by atoms with van der Waals surface area (Å²) >= 11 is 0. The molecule has 0 saturated heterocycles. The number of carbonyl (C=O) groups is 2. The Balaban J connectivity index is 1.86. The summed E-state index contributed by atoms with van der Waals surface area (Å²) in [5.41, 5.74) is 9.81. The van der Waals surface area contributed by atoms with Gasteiger partial charge in [-0.05, 0) is 53.1 Å². The van der Waals surface area contributed by atoms with Gasteiger partial charge in [-0.15, -0.1) is 0 Å². The number of carboxylic acids is 1. The highest BCUT2D eigenvalue weighted by Crippen LogP contribution is 2.32. The molecule has 8 heteroatoms. The van der Waals surface area contributed by atoms with Crippen molar-refractivity contribution in [3.8, 4) is 16.9 Å². The Morgan fingerprint density at radius 1 is 1.06 bits per heavy atom. The van der Waals surface area contributed by atoms with Crippen molar-refractivity contribution in [2.75, 3.05) is 14.2 Å². The summed E-state index contributed by atoms with van der Waals surface area (Å²) < 4.78 is 7.14. The Morgan fingerprint density at radius 3 is 2.50 bits per heavy atom. The van der Waals surface area contributed by atoms with Crippen LogP contribution >= 0.6 is 0 Å². The maximum absolute atomic E-state index is 12.6. The summed E-state index contributed by atoms with van der Waals surface area (Å²) in [6.45, 7) is 0.397. The maximum Gasteiger partial charge on any atom is 0.336 e. The summed E-state index contributed by atoms with van der Waals surface area (Å²) in [6.07, 6.45) is 1.76. The van der Waals surface area contributed by atoms with Crippen molar-refractivity contribution in [1.29, 1.82) is 5.41 Å². The molecule has 1 heterocycles. The lowest BCUT2D eigenvalue weighted by Crippen LogP contribution is -2.17. The zero-order valence-corrected chi connectivity index (χ0v) is 18.8. The van der Waals surface area contributed by atoms with Crippen molar-refractivity contribution >= 4 is 28.6 Å². The first-order valence-electron chi connectivity index (χ1n) is 10.5. The number of methoxy groups -OCH3 is 1. The number of rotatable bonds is 7. The predicted molar refractivity (Wildman–Crippen MR) is 131 cm³/mol. The summed E-state index contributed by atoms with van der Waals surface area (Å²) in [5, 5.41) is 20.9. The van der Waals surface area contributed by atoms with Crippen molar-refractivity contribution in [2.45, 2.75) is 6.54 Å². The fourth-order valence-corrected chi connectivity index (χ4v) is 4.08. The number of carbonyl (C=O) groups excluding carboxylic acids is 1. The van der Waals surface area contributed by atoms with Crippen molar-refractivity contribution < 1.29 is 19.4 Å². The molecule has 1 amide bonds. The minimum atomic E-state index is -1.05. The smallest absolute Gasteiger partial charge is 0.336 e. The van der Waals surface area contributed by atoms with Gasteiger partial charge in [-0.25, -0.2) is 4.79 Å². The number of carboxylic acid groups (broad SMARTS) is 1. The lowest BCUT2D eigenvalue weighted by atomic mass is 9.95. The number of aromatic carboxylic acids is 1. The topological polar surface area (TPSA) is 130 Å². The van der Waals surface area contributed by atoms with Gasteiger partial charge in [0.05, 0.1) is 18.2 Å². The second-order valence-electron chi connectivity index (χ2n) is 7.77. The first kappa shape index (κ1) is 22.6. The number of hydrogen-bond donors (Lipinski definition) is 4. The van der Waals surface area contributed by atoms with Crippen molar-refractivity contribution in [2.24, 2.45) is 5.73 Å². The van der Waals surface area contributed by atoms with Crippen LogP contribution in [0.2, 0.25) is 0 Å². The lowest BCUT2D eigenvalue weighted by Gasteiger charge is -2.14. The molecule has 0 spiro atoms. The van der Waals surface area contributed by atoms with Gasteiger partial charge in [-0.2, -0.15) is 0 Å². The van der Waals surface area contributed by atoms with Gasteiger partial charge in [0.25, 0.3) is 5.91 Å². The largest absolute Gasteiger partial charge is 0.497 e. The average Bonchev–Trinajstić information content (AvgIpc) is 3.21. The number of nitrogens with two attached hydrogens (primary N) is 1. The Kier molecular flexibility index (Phi) is 6.05. The molecule has 0 radical (unpaired) electrons. The number of fused-ring (bicyclic) bond motifs is 1. The van der Waals surface area contributed by atoms with Crippen LogP contribution in [0.1, 0.15) is 31.8 Å². The molecule has 34 heavy (non-hydrogen) atoms. The third kappa shape index (κ3) is 4.09. The second kappa shape index (κ2) is 9.11. The number of amides is 1. The molecule has 8 nitrogen and oxygen atoms in total. The van der Waals surface area contributed by atoms with E-state index < -0.39 is 5.97 Å². The number of nitrogen functional groups attached to an aromatic ring is 1. The van der Waals surface area contributed by atoms with Gasteiger partial charge >= 0.3 is 5.97 Å². The van der Waals surface area contributed by atoms with Crippen LogP contribution < -0.4 is 15.8 Å². The first-order valence-corrected chi connectivity index (χ1v) is 10.5. The van der Waals surface area contributed by atoms with Crippen LogP contribution in [0.3, 0.4) is 0 Å². The fraction of sp³-hybridized carbons (Fsp3) is 0.115. The van der Waals surface area contributed by atoms with Crippen molar-refractivity contribution in [1.82, 2.24) is 9.88 Å². The number of nitrogens with one attached hydrogen (secondary N) is 2. The van der Waals surface area contributed by atoms with Gasteiger partial charge < -0.3 is 25.5 Å². The Bertz CT molecular complexity index is 1440. The molecule has 0 unspecified atom stereocenters. The first-order chi connectivity index (χ1) is 16.3. The van der Waals surface area contributed by atoms with E-state index in [2.05, 4.69) is 5.32 Å². The number of aromatic nitrogens is 1. The third-order valence-corrected chi connectivity index (χ3v) is 5.77. The monoisotopic (exact) mass is 456 g/mol. The highest BCUT2D eigenvalue weighted by atomic mass is 16.5. The minimum Gasteiger partial charge on any atom is -0.497 e. The SMILES string of the molecule is CNC(=O)c1cn(Cc2ccccc2-c2ccc(OC)cc2C(=O)O)c2ccc(C(=N)N)cc12. The molecule has 1 aromatic heterocycles. The molecule has 5 N–H and O–H groups in total. The second-order valence-corrected chi connectivity index (χ2v) is 7.77. The van der Waals surface area contributed by atoms with Crippen LogP contribution in [0.4, 0.5) is 0 Å². The highest BCUT2D eigenvalue weighted by molar-refractivity contribution is 6.09. The average molecular weight is 457 g/mol. The number of nitrogens with zero attached hydrogens (tertiary/aromatic N) is 1. The van der Waals surface area contributed by atoms with Crippen LogP contribution in [0.25, 0.3) is 22.0 Å². The molecule has 0 saturated carbocycles. The zero-order chi connectivity index (χ0) is 24.4. The van der Waals surface area contributed by atoms with E-state index in [-0.39, 0.29) is 17.3 Å². The van der Waals surface area contributed by atoms with E-state index in [0.29, 0.717) is 34.4 Å². The quantitative estimate of drug-likeness (QED) is 0.249. The van der Waals surface area contributed by atoms with E-state index in [4.69, 9.17) is 15.9 Å². The molecule has 4 aromatic rings. The van der Waals surface area contributed by atoms with Crippen molar-refractivity contribution in [3.63, 3.8) is 0 Å². The highest BCUT2D eigenvalue weighted by Gasteiger charge is 2.19. The van der Waals surface area contributed by atoms with Crippen LogP contribution in [-0.2, 0) is 6.54 Å². The molecule has 4 rings (SSSR count). The van der Waals surface area contributed by atoms with Gasteiger partial charge in [0.2, 0.25) is 0 Å². The molecule has 0 fully saturated rings. The molecule has 3 aromatic carbocycles. The standard InChI is InChI=1S/C26H24N4O4/c1-29-25(31)22-14-30(23-10-7-15(24(27)28)11-20(22)23)13-16-5-3-4-6-18(16)19-9-8-17(34-2)12-21(19)26(32)33/h3-12,14H,13H2,1-2H3,(H3,27,28)(H,29,31)(H,32,33). The van der Waals surface area contributed by atoms with E-state index in [1.165, 1.54) is 13.2 Å². The number of amidine groups is 1. The van der Waals surface area contributed by atoms with E-state index in [1.54, 1.807) is 37.5 Å². The van der Waals surface area contributed by atoms with Gasteiger partial charge in [-0.1, -0.05) is 24.3 Å². The van der Waals surface area contributed by atoms with Gasteiger partial charge in [-0.3, -0.25) is 10.2 Å². The predicted octanol–water partition coefficient (Wildman–Crippen LogP) is 3.71. The summed E-state index contributed by atoms with van der Waals surface area (Å²) in [6, 6.07) is 17.8. The normalized spacial score (nSPS) is 10.8. The van der Waals surface area contributed by atoms with Crippen LogP contribution in [0, 0.1) is 5.41 Å². The molecular weight excluding hydrogens is 432 g/mol. The van der Waals surface area contributed by atoms with Gasteiger partial charge in [0.15, 0.2) is 0 Å². The Morgan fingerprint density at radius 2 is 1.82 bits per heavy atom. The van der Waals surface area contributed by atoms with E-state index >= 15 is 0 Å². The molecule has 0 aliphatic carbocycles. The fourth-order valence-electron chi connectivity index (χ4n) is 4.08. The summed E-state index contributed by atoms with van der Waals surface area (Å²) in [4.78, 5) is 24.5. The number of ether oxygens (including phenoxy) is 1. The van der Waals surface area contributed by atoms with E-state index in [9.17, 15) is 14.7 Å². The van der Waals surface area contributed by atoms with Crippen LogP contribution in [0.15, 0.2) is 66.9 Å². The molecule has 0 bridgehead atoms. The minimum absolute atomic E-state index is 0.0800. The van der Waals surface area contributed by atoms with Gasteiger partial charge in [0.1, 0.15) is 11.6 Å². The van der Waals surface area contributed by atoms with Crippen molar-refractivity contribution in [3.05, 3.63) is 89.1 Å². The molecule has 0 atom stereocenters. The summed E-state index contributed by atoms with van der Waals surface area (Å²) in [7, 11) is 3.06. The Hall–Kier alpha value is -4.59. The van der Waals surface area contributed by atoms with E-state index in [1.807, 2.05) is 34.9 Å². The maximum atomic E-state index is 12.6. The number of benzene rings is 3. The number of hydrogen-bond acceptors (Lipinski definition) is 4. The zero-order valence-electron chi connectivity index (χ0n) is 18.8. The lowest BCUT2D eigenvalue weighted by molar-refractivity contribution is 0.0697. The molecular formula is C26H24N4O4. The van der Waals surface area contributed by atoms with E-state index in [0.717, 1.165) is 16.6 Å². The van der Waals surface area contributed by atoms with Gasteiger partial charge in [0, 0.05) is 36.3 Å². The molecule has 172 valence electrons. The van der Waals surface area contributed by atoms with Crippen LogP contribution in [0.5, 0.6) is 5.75 Å². The van der Waals surface area contributed by atoms with Crippen LogP contribution in [-0.4, -0.2) is 41.5 Å². The summed E-state index contributed by atoms with van der Waals surface area (Å²) in [5.74, 6) is -0.912.